The van der Waals surface area contributed by atoms with Gasteiger partial charge in [-0.2, -0.15) is 0 Å². The molecule has 142 valence electrons. The van der Waals surface area contributed by atoms with Crippen LogP contribution in [0.1, 0.15) is 35.0 Å². The lowest BCUT2D eigenvalue weighted by Gasteiger charge is -2.09. The van der Waals surface area contributed by atoms with Gasteiger partial charge in [0.2, 0.25) is 5.91 Å². The van der Waals surface area contributed by atoms with Gasteiger partial charge in [0, 0.05) is 22.7 Å². The number of nitrogens with one attached hydrogen (secondary N) is 2. The Morgan fingerprint density at radius 1 is 1.26 bits per heavy atom. The van der Waals surface area contributed by atoms with Gasteiger partial charge in [0.15, 0.2) is 10.1 Å². The van der Waals surface area contributed by atoms with E-state index in [1.807, 2.05) is 45.0 Å². The molecule has 2 heterocycles. The molecular formula is C18H20N4O3S2. The molecule has 0 unspecified atom stereocenters. The number of hydrogen-bond donors (Lipinski definition) is 2. The molecule has 0 spiro atoms. The van der Waals surface area contributed by atoms with E-state index in [1.165, 1.54) is 23.1 Å². The molecule has 7 nitrogen and oxygen atoms in total. The highest BCUT2D eigenvalue weighted by atomic mass is 32.2. The average molecular weight is 405 g/mol. The molecule has 2 aromatic heterocycles. The number of amides is 2. The van der Waals surface area contributed by atoms with Crippen LogP contribution in [0.2, 0.25) is 0 Å². The van der Waals surface area contributed by atoms with Crippen molar-refractivity contribution in [3.8, 4) is 0 Å². The maximum atomic E-state index is 12.6. The summed E-state index contributed by atoms with van der Waals surface area (Å²) in [5, 5.41) is 15.2. The molecule has 2 N–H and O–H groups in total. The first-order valence-electron chi connectivity index (χ1n) is 8.45. The lowest BCUT2D eigenvalue weighted by Crippen LogP contribution is -2.39. The Morgan fingerprint density at radius 3 is 2.74 bits per heavy atom. The number of nitrogens with zero attached hydrogens (tertiary/aromatic N) is 2. The van der Waals surface area contributed by atoms with E-state index in [-0.39, 0.29) is 24.3 Å². The smallest absolute Gasteiger partial charge is 0.287 e. The molecule has 0 atom stereocenters. The Labute approximate surface area is 164 Å². The van der Waals surface area contributed by atoms with Crippen LogP contribution in [0.5, 0.6) is 0 Å². The van der Waals surface area contributed by atoms with Crippen LogP contribution in [0.25, 0.3) is 11.0 Å². The molecule has 9 heteroatoms. The second-order valence-corrected chi connectivity index (χ2v) is 8.59. The number of para-hydroxylation sites is 1. The first kappa shape index (κ1) is 19.4. The van der Waals surface area contributed by atoms with Gasteiger partial charge in [0.1, 0.15) is 10.6 Å². The molecular weight excluding hydrogens is 384 g/mol. The zero-order valence-electron chi connectivity index (χ0n) is 15.2. The Morgan fingerprint density at radius 2 is 2.04 bits per heavy atom. The molecule has 3 aromatic rings. The molecule has 3 rings (SSSR count). The molecule has 0 aliphatic heterocycles. The molecule has 0 fully saturated rings. The molecule has 0 bridgehead atoms. The van der Waals surface area contributed by atoms with Gasteiger partial charge in [-0.25, -0.2) is 0 Å². The molecule has 0 aliphatic carbocycles. The van der Waals surface area contributed by atoms with Crippen molar-refractivity contribution in [1.29, 1.82) is 0 Å². The summed E-state index contributed by atoms with van der Waals surface area (Å²) in [5.74, 6) is 0.0956. The van der Waals surface area contributed by atoms with E-state index in [0.29, 0.717) is 11.3 Å². The highest BCUT2D eigenvalue weighted by Gasteiger charge is 2.21. The third-order valence-corrected chi connectivity index (χ3v) is 5.61. The maximum absolute atomic E-state index is 12.6. The number of furan rings is 1. The van der Waals surface area contributed by atoms with Crippen molar-refractivity contribution in [1.82, 2.24) is 20.8 Å². The Hall–Kier alpha value is -2.39. The normalized spacial score (nSPS) is 11.1. The Balaban J connectivity index is 1.79. The second-order valence-electron chi connectivity index (χ2n) is 6.19. The fourth-order valence-corrected chi connectivity index (χ4v) is 4.35. The van der Waals surface area contributed by atoms with Gasteiger partial charge in [-0.3, -0.25) is 9.59 Å². The van der Waals surface area contributed by atoms with E-state index in [0.717, 1.165) is 20.3 Å². The van der Waals surface area contributed by atoms with E-state index in [4.69, 9.17) is 4.42 Å². The number of hydrogen-bond acceptors (Lipinski definition) is 7. The van der Waals surface area contributed by atoms with Crippen molar-refractivity contribution >= 4 is 45.9 Å². The zero-order chi connectivity index (χ0) is 19.4. The summed E-state index contributed by atoms with van der Waals surface area (Å²) in [6, 6.07) is 7.51. The maximum Gasteiger partial charge on any atom is 0.287 e. The number of thioether (sulfide) groups is 1. The van der Waals surface area contributed by atoms with Gasteiger partial charge in [0.25, 0.3) is 5.91 Å². The third-order valence-electron chi connectivity index (χ3n) is 3.61. The fraction of sp³-hybridized carbons (Fsp3) is 0.333. The quantitative estimate of drug-likeness (QED) is 0.587. The Bertz CT molecular complexity index is 965. The minimum atomic E-state index is -0.408. The van der Waals surface area contributed by atoms with Gasteiger partial charge in [-0.05, 0) is 26.8 Å². The highest BCUT2D eigenvalue weighted by molar-refractivity contribution is 8.00. The standard InChI is InChI=1S/C18H20N4O3S2/c1-10(2)20-15(23)8-19-17(24)16-13(9-26-18-22-21-11(3)27-18)12-6-4-5-7-14(12)25-16/h4-7,10H,8-9H2,1-3H3,(H,19,24)(H,20,23). The predicted octanol–water partition coefficient (Wildman–Crippen LogP) is 3.14. The average Bonchev–Trinajstić information content (AvgIpc) is 3.20. The zero-order valence-corrected chi connectivity index (χ0v) is 16.9. The lowest BCUT2D eigenvalue weighted by atomic mass is 10.1. The van der Waals surface area contributed by atoms with Gasteiger partial charge in [-0.1, -0.05) is 41.3 Å². The summed E-state index contributed by atoms with van der Waals surface area (Å²) in [5.41, 5.74) is 1.42. The third kappa shape index (κ3) is 4.86. The van der Waals surface area contributed by atoms with Crippen LogP contribution in [0.15, 0.2) is 33.0 Å². The van der Waals surface area contributed by atoms with Crippen molar-refractivity contribution in [3.63, 3.8) is 0 Å². The number of fused-ring (bicyclic) bond motifs is 1. The van der Waals surface area contributed by atoms with Crippen molar-refractivity contribution in [2.45, 2.75) is 36.9 Å². The number of carbonyl (C=O) groups excluding carboxylic acids is 2. The molecule has 1 aromatic carbocycles. The lowest BCUT2D eigenvalue weighted by molar-refractivity contribution is -0.120. The summed E-state index contributed by atoms with van der Waals surface area (Å²) < 4.78 is 6.61. The topological polar surface area (TPSA) is 97.1 Å². The monoisotopic (exact) mass is 404 g/mol. The molecule has 27 heavy (non-hydrogen) atoms. The van der Waals surface area contributed by atoms with Crippen LogP contribution in [0, 0.1) is 6.92 Å². The molecule has 2 amide bonds. The number of benzene rings is 1. The van der Waals surface area contributed by atoms with E-state index in [2.05, 4.69) is 20.8 Å². The van der Waals surface area contributed by atoms with Crippen LogP contribution in [-0.2, 0) is 10.5 Å². The van der Waals surface area contributed by atoms with Gasteiger partial charge >= 0.3 is 0 Å². The van der Waals surface area contributed by atoms with E-state index < -0.39 is 5.91 Å². The van der Waals surface area contributed by atoms with Gasteiger partial charge in [-0.15, -0.1) is 10.2 Å². The van der Waals surface area contributed by atoms with E-state index in [9.17, 15) is 9.59 Å². The summed E-state index contributed by atoms with van der Waals surface area (Å²) >= 11 is 3.01. The van der Waals surface area contributed by atoms with Crippen molar-refractivity contribution in [2.24, 2.45) is 0 Å². The van der Waals surface area contributed by atoms with Crippen LogP contribution in [0.4, 0.5) is 0 Å². The summed E-state index contributed by atoms with van der Waals surface area (Å²) in [6.07, 6.45) is 0. The number of aromatic nitrogens is 2. The molecule has 0 saturated heterocycles. The fourth-order valence-electron chi connectivity index (χ4n) is 2.51. The number of carbonyl (C=O) groups is 2. The van der Waals surface area contributed by atoms with Crippen LogP contribution >= 0.6 is 23.1 Å². The van der Waals surface area contributed by atoms with E-state index >= 15 is 0 Å². The number of aryl methyl sites for hydroxylation is 1. The summed E-state index contributed by atoms with van der Waals surface area (Å²) in [6.45, 7) is 5.53. The summed E-state index contributed by atoms with van der Waals surface area (Å²) in [7, 11) is 0. The second kappa shape index (κ2) is 8.53. The number of rotatable bonds is 7. The van der Waals surface area contributed by atoms with Crippen LogP contribution in [-0.4, -0.2) is 34.6 Å². The largest absolute Gasteiger partial charge is 0.451 e. The SMILES string of the molecule is Cc1nnc(SCc2c(C(=O)NCC(=O)NC(C)C)oc3ccccc23)s1. The first-order valence-corrected chi connectivity index (χ1v) is 10.2. The van der Waals surface area contributed by atoms with Crippen molar-refractivity contribution < 1.29 is 14.0 Å². The van der Waals surface area contributed by atoms with E-state index in [1.54, 1.807) is 0 Å². The molecule has 0 aliphatic rings. The van der Waals surface area contributed by atoms with Crippen LogP contribution in [0.3, 0.4) is 0 Å². The predicted molar refractivity (Wildman–Crippen MR) is 106 cm³/mol. The van der Waals surface area contributed by atoms with Crippen molar-refractivity contribution in [3.05, 3.63) is 40.6 Å². The highest BCUT2D eigenvalue weighted by Crippen LogP contribution is 2.33. The minimum Gasteiger partial charge on any atom is -0.451 e. The van der Waals surface area contributed by atoms with Gasteiger partial charge < -0.3 is 15.1 Å². The van der Waals surface area contributed by atoms with Crippen molar-refractivity contribution in [2.75, 3.05) is 6.54 Å². The van der Waals surface area contributed by atoms with Gasteiger partial charge in [0.05, 0.1) is 6.54 Å². The molecule has 0 saturated carbocycles. The molecule has 0 radical (unpaired) electrons. The first-order chi connectivity index (χ1) is 12.9. The summed E-state index contributed by atoms with van der Waals surface area (Å²) in [4.78, 5) is 24.4. The Kier molecular flexibility index (Phi) is 6.12. The van der Waals surface area contributed by atoms with Crippen LogP contribution < -0.4 is 10.6 Å². The minimum absolute atomic E-state index is 0.0166.